The lowest BCUT2D eigenvalue weighted by atomic mass is 9.63. The van der Waals surface area contributed by atoms with E-state index in [1.165, 1.54) is 22.3 Å². The zero-order valence-corrected chi connectivity index (χ0v) is 28.5. The summed E-state index contributed by atoms with van der Waals surface area (Å²) < 4.78 is 25.9. The van der Waals surface area contributed by atoms with E-state index in [1.54, 1.807) is 0 Å². The molecule has 0 unspecified atom stereocenters. The largest absolute Gasteiger partial charge is 0.495 e. The Hall–Kier alpha value is -3.15. The smallest absolute Gasteiger partial charge is 0.399 e. The van der Waals surface area contributed by atoms with Gasteiger partial charge in [0.25, 0.3) is 0 Å². The molecule has 6 rings (SSSR count). The van der Waals surface area contributed by atoms with Crippen LogP contribution in [-0.2, 0) is 24.0 Å². The predicted octanol–water partition coefficient (Wildman–Crippen LogP) is 7.28. The minimum Gasteiger partial charge on any atom is -0.399 e. The summed E-state index contributed by atoms with van der Waals surface area (Å²) in [4.78, 5) is 0. The van der Waals surface area contributed by atoms with Gasteiger partial charge in [0.15, 0.2) is 0 Å². The van der Waals surface area contributed by atoms with E-state index in [1.807, 2.05) is 0 Å². The Morgan fingerprint density at radius 1 is 0.422 bits per heavy atom. The molecule has 2 heterocycles. The third-order valence-electron chi connectivity index (χ3n) is 10.8. The van der Waals surface area contributed by atoms with Crippen molar-refractivity contribution in [2.75, 3.05) is 0 Å². The highest BCUT2D eigenvalue weighted by molar-refractivity contribution is 6.63. The second-order valence-electron chi connectivity index (χ2n) is 14.8. The molecule has 4 nitrogen and oxygen atoms in total. The summed E-state index contributed by atoms with van der Waals surface area (Å²) in [6, 6.07) is 35.2. The average Bonchev–Trinajstić information content (AvgIpc) is 3.33. The van der Waals surface area contributed by atoms with E-state index in [9.17, 15) is 0 Å². The van der Waals surface area contributed by atoms with E-state index in [2.05, 4.69) is 166 Å². The molecular formula is C39H46B2O4. The Kier molecular flexibility index (Phi) is 7.77. The third-order valence-corrected chi connectivity index (χ3v) is 10.8. The van der Waals surface area contributed by atoms with Crippen molar-refractivity contribution in [3.63, 3.8) is 0 Å². The van der Waals surface area contributed by atoms with E-state index in [0.29, 0.717) is 0 Å². The fourth-order valence-corrected chi connectivity index (χ4v) is 6.66. The zero-order valence-electron chi connectivity index (χ0n) is 28.5. The van der Waals surface area contributed by atoms with Gasteiger partial charge in [-0.05, 0) is 102 Å². The lowest BCUT2D eigenvalue weighted by Gasteiger charge is -2.37. The fraction of sp³-hybridized carbons (Fsp3) is 0.385. The molecule has 45 heavy (non-hydrogen) atoms. The second-order valence-corrected chi connectivity index (χ2v) is 14.8. The van der Waals surface area contributed by atoms with Crippen LogP contribution in [0.3, 0.4) is 0 Å². The summed E-state index contributed by atoms with van der Waals surface area (Å²) >= 11 is 0. The van der Waals surface area contributed by atoms with Gasteiger partial charge in [0.1, 0.15) is 0 Å². The standard InChI is InChI=1S/C39H46B2O4/c1-27-25-31(21-23-33(27)40-42-35(3,4)36(5,6)43-40)39(29-17-13-11-14-18-29,30-19-15-12-16-20-30)32-22-24-34(28(2)26-32)41-44-37(7,8)38(9,10)45-41/h11-26H,1-10H3. The Morgan fingerprint density at radius 2 is 0.733 bits per heavy atom. The Labute approximate surface area is 270 Å². The first-order valence-corrected chi connectivity index (χ1v) is 16.1. The molecule has 0 spiro atoms. The maximum absolute atomic E-state index is 6.47. The van der Waals surface area contributed by atoms with Crippen molar-refractivity contribution in [1.82, 2.24) is 0 Å². The molecule has 0 atom stereocenters. The van der Waals surface area contributed by atoms with Crippen LogP contribution in [0.4, 0.5) is 0 Å². The molecule has 2 fully saturated rings. The summed E-state index contributed by atoms with van der Waals surface area (Å²) in [6.07, 6.45) is 0. The molecule has 232 valence electrons. The maximum Gasteiger partial charge on any atom is 0.495 e. The predicted molar refractivity (Wildman–Crippen MR) is 186 cm³/mol. The number of benzene rings is 4. The van der Waals surface area contributed by atoms with Crippen molar-refractivity contribution in [3.05, 3.63) is 130 Å². The third kappa shape index (κ3) is 5.20. The normalized spacial score (nSPS) is 20.0. The molecule has 4 aromatic carbocycles. The van der Waals surface area contributed by atoms with Crippen molar-refractivity contribution in [2.24, 2.45) is 0 Å². The van der Waals surface area contributed by atoms with Gasteiger partial charge in [-0.15, -0.1) is 0 Å². The Morgan fingerprint density at radius 3 is 1.02 bits per heavy atom. The molecule has 0 aliphatic carbocycles. The van der Waals surface area contributed by atoms with Crippen LogP contribution in [0.5, 0.6) is 0 Å². The molecule has 6 heteroatoms. The van der Waals surface area contributed by atoms with E-state index < -0.39 is 42.1 Å². The van der Waals surface area contributed by atoms with Gasteiger partial charge < -0.3 is 18.6 Å². The van der Waals surface area contributed by atoms with Gasteiger partial charge in [0.2, 0.25) is 0 Å². The van der Waals surface area contributed by atoms with E-state index in [-0.39, 0.29) is 0 Å². The van der Waals surface area contributed by atoms with Gasteiger partial charge in [-0.3, -0.25) is 0 Å². The van der Waals surface area contributed by atoms with Crippen LogP contribution in [0.2, 0.25) is 0 Å². The van der Waals surface area contributed by atoms with Crippen molar-refractivity contribution >= 4 is 25.2 Å². The molecular weight excluding hydrogens is 554 g/mol. The summed E-state index contributed by atoms with van der Waals surface area (Å²) in [6.45, 7) is 21.1. The lowest BCUT2D eigenvalue weighted by Crippen LogP contribution is -2.41. The van der Waals surface area contributed by atoms with Crippen LogP contribution in [-0.4, -0.2) is 36.6 Å². The Bertz CT molecular complexity index is 1540. The first-order valence-electron chi connectivity index (χ1n) is 16.1. The molecule has 0 bridgehead atoms. The molecule has 4 aromatic rings. The van der Waals surface area contributed by atoms with Crippen LogP contribution in [0.1, 0.15) is 88.8 Å². The van der Waals surface area contributed by atoms with Gasteiger partial charge >= 0.3 is 14.2 Å². The minimum absolute atomic E-state index is 0.406. The van der Waals surface area contributed by atoms with Crippen LogP contribution in [0.15, 0.2) is 97.1 Å². The van der Waals surface area contributed by atoms with E-state index >= 15 is 0 Å². The Balaban J connectivity index is 1.53. The van der Waals surface area contributed by atoms with Crippen LogP contribution < -0.4 is 10.9 Å². The lowest BCUT2D eigenvalue weighted by molar-refractivity contribution is 0.00578. The highest BCUT2D eigenvalue weighted by Crippen LogP contribution is 2.46. The summed E-state index contributed by atoms with van der Waals surface area (Å²) in [5.74, 6) is 0. The molecule has 0 radical (unpaired) electrons. The van der Waals surface area contributed by atoms with Crippen LogP contribution in [0.25, 0.3) is 0 Å². The van der Waals surface area contributed by atoms with Crippen molar-refractivity contribution in [2.45, 2.75) is 97.1 Å². The quantitative estimate of drug-likeness (QED) is 0.172. The number of hydrogen-bond acceptors (Lipinski definition) is 4. The second kappa shape index (κ2) is 11.0. The minimum atomic E-state index is -0.582. The maximum atomic E-state index is 6.47. The first kappa shape index (κ1) is 31.8. The van der Waals surface area contributed by atoms with Crippen molar-refractivity contribution in [1.29, 1.82) is 0 Å². The number of aryl methyl sites for hydroxylation is 2. The van der Waals surface area contributed by atoms with Gasteiger partial charge in [0.05, 0.1) is 27.8 Å². The highest BCUT2D eigenvalue weighted by Gasteiger charge is 2.53. The summed E-state index contributed by atoms with van der Waals surface area (Å²) in [7, 11) is -0.846. The first-order chi connectivity index (χ1) is 21.1. The molecule has 2 aliphatic rings. The molecule has 2 saturated heterocycles. The average molecular weight is 600 g/mol. The SMILES string of the molecule is Cc1cc(C(c2ccccc2)(c2ccccc2)c2ccc(B3OC(C)(C)C(C)(C)O3)c(C)c2)ccc1B1OC(C)(C)C(C)(C)O1. The van der Waals surface area contributed by atoms with E-state index in [0.717, 1.165) is 22.1 Å². The van der Waals surface area contributed by atoms with Gasteiger partial charge in [0, 0.05) is 0 Å². The molecule has 2 aliphatic heterocycles. The van der Waals surface area contributed by atoms with Crippen LogP contribution in [0, 0.1) is 13.8 Å². The van der Waals surface area contributed by atoms with Gasteiger partial charge in [-0.1, -0.05) is 108 Å². The van der Waals surface area contributed by atoms with Crippen molar-refractivity contribution in [3.8, 4) is 0 Å². The highest BCUT2D eigenvalue weighted by atomic mass is 16.7. The monoisotopic (exact) mass is 600 g/mol. The number of rotatable bonds is 6. The van der Waals surface area contributed by atoms with Gasteiger partial charge in [-0.25, -0.2) is 0 Å². The summed E-state index contributed by atoms with van der Waals surface area (Å²) in [5.41, 5.74) is 6.92. The van der Waals surface area contributed by atoms with Gasteiger partial charge in [-0.2, -0.15) is 0 Å². The fourth-order valence-electron chi connectivity index (χ4n) is 6.66. The molecule has 0 aromatic heterocycles. The van der Waals surface area contributed by atoms with E-state index in [4.69, 9.17) is 18.6 Å². The molecule has 0 amide bonds. The zero-order chi connectivity index (χ0) is 32.4. The number of hydrogen-bond donors (Lipinski definition) is 0. The van der Waals surface area contributed by atoms with Crippen molar-refractivity contribution < 1.29 is 18.6 Å². The summed E-state index contributed by atoms with van der Waals surface area (Å²) in [5, 5.41) is 0. The molecule has 0 saturated carbocycles. The topological polar surface area (TPSA) is 36.9 Å². The molecule has 0 N–H and O–H groups in total. The van der Waals surface area contributed by atoms with Crippen LogP contribution >= 0.6 is 0 Å².